The minimum Gasteiger partial charge on any atom is -0.480 e. The Morgan fingerprint density at radius 2 is 1.57 bits per heavy atom. The number of amides is 2. The van der Waals surface area contributed by atoms with Gasteiger partial charge in [0.05, 0.1) is 6.10 Å². The van der Waals surface area contributed by atoms with Gasteiger partial charge in [-0.15, -0.1) is 0 Å². The summed E-state index contributed by atoms with van der Waals surface area (Å²) < 4.78 is 0. The number of carboxylic acids is 3. The molecule has 2 amide bonds. The first-order valence-electron chi connectivity index (χ1n) is 7.88. The highest BCUT2D eigenvalue weighted by Crippen LogP contribution is 1.97. The lowest BCUT2D eigenvalue weighted by Gasteiger charge is -2.16. The molecule has 0 spiro atoms. The average molecular weight is 426 g/mol. The molecule has 0 aliphatic carbocycles. The van der Waals surface area contributed by atoms with Gasteiger partial charge in [-0.25, -0.2) is 0 Å². The van der Waals surface area contributed by atoms with Gasteiger partial charge >= 0.3 is 17.9 Å². The number of carbonyl (C=O) groups is 5. The van der Waals surface area contributed by atoms with Crippen molar-refractivity contribution in [2.45, 2.75) is 44.0 Å². The summed E-state index contributed by atoms with van der Waals surface area (Å²) >= 11 is 3.87. The lowest BCUT2D eigenvalue weighted by atomic mass is 10.1. The zero-order valence-electron chi connectivity index (χ0n) is 15.1. The standard InChI is InChI=1S/C10H17N3O6S.C4H9NO3/c11-5(10(18)19)1-2-7(14)13-6(4-20)9(17)12-3-8(15)16;1-2(6)3(5)4(7)8/h5-6,20H,1-4,11H2,(H,12,17)(H,13,14)(H,15,16)(H,18,19);2-3,6H,5H2,1H3,(H,7,8)/t5-,6-;/m0./s1. The van der Waals surface area contributed by atoms with E-state index < -0.39 is 60.5 Å². The molecule has 0 saturated heterocycles. The van der Waals surface area contributed by atoms with E-state index in [9.17, 15) is 24.0 Å². The zero-order valence-corrected chi connectivity index (χ0v) is 16.0. The molecule has 0 bridgehead atoms. The number of aliphatic hydroxyl groups is 1. The molecule has 0 rings (SSSR count). The Bertz CT molecular complexity index is 559. The van der Waals surface area contributed by atoms with Crippen molar-refractivity contribution in [2.24, 2.45) is 11.5 Å². The number of nitrogens with one attached hydrogen (secondary N) is 2. The Morgan fingerprint density at radius 3 is 1.89 bits per heavy atom. The second-order valence-electron chi connectivity index (χ2n) is 5.50. The van der Waals surface area contributed by atoms with Gasteiger partial charge < -0.3 is 42.5 Å². The summed E-state index contributed by atoms with van der Waals surface area (Å²) in [6, 6.07) is -3.31. The van der Waals surface area contributed by atoms with Crippen LogP contribution in [-0.2, 0) is 24.0 Å². The topological polar surface area (TPSA) is 242 Å². The van der Waals surface area contributed by atoms with Crippen LogP contribution in [0.3, 0.4) is 0 Å². The fraction of sp³-hybridized carbons (Fsp3) is 0.643. The minimum absolute atomic E-state index is 0.0256. The lowest BCUT2D eigenvalue weighted by Crippen LogP contribution is -2.49. The van der Waals surface area contributed by atoms with Gasteiger partial charge in [-0.05, 0) is 13.3 Å². The molecule has 0 aromatic rings. The molecular formula is C14H26N4O9S. The molecule has 0 aromatic heterocycles. The van der Waals surface area contributed by atoms with E-state index in [1.165, 1.54) is 6.92 Å². The van der Waals surface area contributed by atoms with Crippen LogP contribution in [0, 0.1) is 0 Å². The predicted molar refractivity (Wildman–Crippen MR) is 98.6 cm³/mol. The summed E-state index contributed by atoms with van der Waals surface area (Å²) in [6.07, 6.45) is -1.21. The Kier molecular flexibility index (Phi) is 14.5. The molecule has 28 heavy (non-hydrogen) atoms. The van der Waals surface area contributed by atoms with Crippen molar-refractivity contribution in [3.8, 4) is 0 Å². The van der Waals surface area contributed by atoms with E-state index in [-0.39, 0.29) is 18.6 Å². The van der Waals surface area contributed by atoms with Crippen LogP contribution >= 0.6 is 12.6 Å². The van der Waals surface area contributed by atoms with Crippen molar-refractivity contribution in [1.82, 2.24) is 10.6 Å². The second-order valence-corrected chi connectivity index (χ2v) is 5.87. The third kappa shape index (κ3) is 13.7. The number of hydrogen-bond donors (Lipinski definition) is 9. The summed E-state index contributed by atoms with van der Waals surface area (Å²) in [7, 11) is 0. The average Bonchev–Trinajstić information content (AvgIpc) is 2.61. The van der Waals surface area contributed by atoms with E-state index in [2.05, 4.69) is 23.3 Å². The van der Waals surface area contributed by atoms with Gasteiger partial charge in [-0.1, -0.05) is 0 Å². The third-order valence-corrected chi connectivity index (χ3v) is 3.42. The molecule has 13 nitrogen and oxygen atoms in total. The van der Waals surface area contributed by atoms with Gasteiger partial charge in [-0.3, -0.25) is 24.0 Å². The summed E-state index contributed by atoms with van der Waals surface area (Å²) in [4.78, 5) is 53.6. The maximum Gasteiger partial charge on any atom is 0.323 e. The third-order valence-electron chi connectivity index (χ3n) is 3.05. The van der Waals surface area contributed by atoms with Crippen molar-refractivity contribution in [1.29, 1.82) is 0 Å². The van der Waals surface area contributed by atoms with Gasteiger partial charge in [0, 0.05) is 12.2 Å². The Labute approximate surface area is 165 Å². The van der Waals surface area contributed by atoms with Crippen LogP contribution < -0.4 is 22.1 Å². The smallest absolute Gasteiger partial charge is 0.323 e. The van der Waals surface area contributed by atoms with E-state index in [1.54, 1.807) is 0 Å². The number of hydrogen-bond acceptors (Lipinski definition) is 9. The first-order chi connectivity index (χ1) is 12.8. The van der Waals surface area contributed by atoms with Crippen LogP contribution in [0.5, 0.6) is 0 Å². The summed E-state index contributed by atoms with van der Waals surface area (Å²) in [5.41, 5.74) is 10.1. The Balaban J connectivity index is 0. The fourth-order valence-corrected chi connectivity index (χ4v) is 1.62. The molecule has 162 valence electrons. The maximum absolute atomic E-state index is 11.5. The number of carbonyl (C=O) groups excluding carboxylic acids is 2. The van der Waals surface area contributed by atoms with Gasteiger partial charge in [0.2, 0.25) is 11.8 Å². The Hall–Kier alpha value is -2.42. The highest BCUT2D eigenvalue weighted by Gasteiger charge is 2.21. The molecule has 14 heteroatoms. The van der Waals surface area contributed by atoms with Crippen molar-refractivity contribution >= 4 is 42.4 Å². The van der Waals surface area contributed by atoms with Crippen LogP contribution in [0.1, 0.15) is 19.8 Å². The maximum atomic E-state index is 11.5. The van der Waals surface area contributed by atoms with E-state index in [0.29, 0.717) is 0 Å². The van der Waals surface area contributed by atoms with Gasteiger partial charge in [0.25, 0.3) is 0 Å². The molecule has 0 aliphatic heterocycles. The van der Waals surface area contributed by atoms with Crippen molar-refractivity contribution in [2.75, 3.05) is 12.3 Å². The SMILES string of the molecule is CC(O)C(N)C(=O)O.N[C@@H](CCC(=O)N[C@@H](CS)C(=O)NCC(=O)O)C(=O)O. The van der Waals surface area contributed by atoms with E-state index in [4.69, 9.17) is 31.9 Å². The van der Waals surface area contributed by atoms with Gasteiger partial charge in [-0.2, -0.15) is 12.6 Å². The molecule has 0 heterocycles. The largest absolute Gasteiger partial charge is 0.480 e. The quantitative estimate of drug-likeness (QED) is 0.147. The van der Waals surface area contributed by atoms with Gasteiger partial charge in [0.1, 0.15) is 24.7 Å². The number of aliphatic hydroxyl groups excluding tert-OH is 1. The van der Waals surface area contributed by atoms with Crippen molar-refractivity contribution < 1.29 is 44.4 Å². The molecule has 0 fully saturated rings. The Morgan fingerprint density at radius 1 is 1.04 bits per heavy atom. The normalized spacial score (nSPS) is 14.3. The summed E-state index contributed by atoms with van der Waals surface area (Å²) in [6.45, 7) is 0.766. The van der Waals surface area contributed by atoms with Crippen LogP contribution in [0.15, 0.2) is 0 Å². The van der Waals surface area contributed by atoms with E-state index in [1.807, 2.05) is 0 Å². The molecule has 0 radical (unpaired) electrons. The van der Waals surface area contributed by atoms with E-state index >= 15 is 0 Å². The van der Waals surface area contributed by atoms with Crippen LogP contribution in [0.25, 0.3) is 0 Å². The summed E-state index contributed by atoms with van der Waals surface area (Å²) in [5.74, 6) is -4.88. The van der Waals surface area contributed by atoms with Crippen molar-refractivity contribution in [3.63, 3.8) is 0 Å². The monoisotopic (exact) mass is 426 g/mol. The van der Waals surface area contributed by atoms with Crippen LogP contribution in [0.2, 0.25) is 0 Å². The molecule has 2 unspecified atom stereocenters. The number of nitrogens with two attached hydrogens (primary N) is 2. The molecule has 10 N–H and O–H groups in total. The minimum atomic E-state index is -1.22. The molecule has 0 aliphatic rings. The van der Waals surface area contributed by atoms with Crippen molar-refractivity contribution in [3.05, 3.63) is 0 Å². The zero-order chi connectivity index (χ0) is 22.4. The van der Waals surface area contributed by atoms with Crippen LogP contribution in [0.4, 0.5) is 0 Å². The number of carboxylic acid groups (broad SMARTS) is 3. The predicted octanol–water partition coefficient (Wildman–Crippen LogP) is -3.43. The van der Waals surface area contributed by atoms with Gasteiger partial charge in [0.15, 0.2) is 0 Å². The first kappa shape index (κ1) is 27.8. The lowest BCUT2D eigenvalue weighted by molar-refractivity contribution is -0.141. The number of thiol groups is 1. The fourth-order valence-electron chi connectivity index (χ4n) is 1.36. The number of aliphatic carboxylic acids is 3. The molecule has 0 aromatic carbocycles. The summed E-state index contributed by atoms with van der Waals surface area (Å²) in [5, 5.41) is 37.9. The highest BCUT2D eigenvalue weighted by molar-refractivity contribution is 7.80. The molecular weight excluding hydrogens is 400 g/mol. The highest BCUT2D eigenvalue weighted by atomic mass is 32.1. The molecule has 4 atom stereocenters. The number of rotatable bonds is 11. The first-order valence-corrected chi connectivity index (χ1v) is 8.51. The molecule has 0 saturated carbocycles. The van der Waals surface area contributed by atoms with Crippen LogP contribution in [-0.4, -0.2) is 86.7 Å². The second kappa shape index (κ2) is 14.6. The van der Waals surface area contributed by atoms with E-state index in [0.717, 1.165) is 0 Å².